The number of nitrogens with zero attached hydrogens (tertiary/aromatic N) is 4. The van der Waals surface area contributed by atoms with E-state index >= 15 is 0 Å². The van der Waals surface area contributed by atoms with E-state index in [2.05, 4.69) is 111 Å². The van der Waals surface area contributed by atoms with Gasteiger partial charge in [0.05, 0.1) is 11.6 Å². The topological polar surface area (TPSA) is 62.5 Å². The maximum Gasteiger partial charge on any atom is 0.164 e. The fourth-order valence-electron chi connectivity index (χ4n) is 9.64. The number of hydrogen-bond donors (Lipinski definition) is 0. The van der Waals surface area contributed by atoms with Gasteiger partial charge in [0, 0.05) is 57.0 Å². The third-order valence-electron chi connectivity index (χ3n) is 11.5. The van der Waals surface area contributed by atoms with E-state index in [1.807, 2.05) is 23.5 Å². The number of nitriles is 1. The first-order valence-electron chi connectivity index (χ1n) is 18.1. The third kappa shape index (κ3) is 5.25. The van der Waals surface area contributed by atoms with E-state index in [-0.39, 0.29) is 5.41 Å². The molecule has 0 saturated heterocycles. The molecule has 2 aliphatic carbocycles. The van der Waals surface area contributed by atoms with Gasteiger partial charge in [-0.1, -0.05) is 74.5 Å². The van der Waals surface area contributed by atoms with Crippen molar-refractivity contribution in [1.29, 1.82) is 5.26 Å². The van der Waals surface area contributed by atoms with Crippen LogP contribution >= 0.6 is 22.7 Å². The molecular formula is C45H36N4S2. The summed E-state index contributed by atoms with van der Waals surface area (Å²) in [6.45, 7) is 4.91. The predicted molar refractivity (Wildman–Crippen MR) is 213 cm³/mol. The van der Waals surface area contributed by atoms with Crippen molar-refractivity contribution in [3.05, 3.63) is 114 Å². The molecule has 51 heavy (non-hydrogen) atoms. The third-order valence-corrected chi connectivity index (χ3v) is 13.8. The van der Waals surface area contributed by atoms with E-state index in [0.717, 1.165) is 43.8 Å². The fraction of sp³-hybridized carbons (Fsp3) is 0.244. The lowest BCUT2D eigenvalue weighted by Crippen LogP contribution is -2.42. The van der Waals surface area contributed by atoms with Crippen molar-refractivity contribution >= 4 is 63.0 Å². The Labute approximate surface area is 305 Å². The number of aromatic nitrogens is 3. The number of rotatable bonds is 4. The van der Waals surface area contributed by atoms with Gasteiger partial charge in [0.2, 0.25) is 0 Å². The molecule has 248 valence electrons. The van der Waals surface area contributed by atoms with Gasteiger partial charge >= 0.3 is 0 Å². The van der Waals surface area contributed by atoms with Crippen molar-refractivity contribution in [2.75, 3.05) is 0 Å². The Morgan fingerprint density at radius 3 is 1.88 bits per heavy atom. The van der Waals surface area contributed by atoms with E-state index in [9.17, 15) is 5.26 Å². The minimum absolute atomic E-state index is 0.278. The van der Waals surface area contributed by atoms with E-state index in [0.29, 0.717) is 23.0 Å². The van der Waals surface area contributed by atoms with E-state index in [1.54, 1.807) is 11.3 Å². The Hall–Kier alpha value is -4.96. The standard InChI is InChI=1S/C45H36N4S2/c1-26-17-29-18-27(2)23-45(22-26,24-29)33-12-8-30(9-13-33)42-47-43(31-11-16-39-37(20-31)34-5-3-4-6-38(34)50-39)49-44(48-42)32-10-15-36-35-14-7-28(25-46)19-40(35)51-41(36)21-32/h3-16,19-21,26-27,29H,17-18,22-24H2,1-2H3/t26-,27+,29?,45?. The zero-order valence-corrected chi connectivity index (χ0v) is 30.3. The summed E-state index contributed by atoms with van der Waals surface area (Å²) in [7, 11) is 0. The van der Waals surface area contributed by atoms with Crippen LogP contribution < -0.4 is 0 Å². The molecular weight excluding hydrogens is 661 g/mol. The van der Waals surface area contributed by atoms with Crippen LogP contribution in [0.1, 0.15) is 57.1 Å². The van der Waals surface area contributed by atoms with Gasteiger partial charge in [-0.05, 0) is 103 Å². The Kier molecular flexibility index (Phi) is 7.13. The summed E-state index contributed by atoms with van der Waals surface area (Å²) < 4.78 is 4.80. The fourth-order valence-corrected chi connectivity index (χ4v) is 11.9. The second-order valence-corrected chi connectivity index (χ2v) is 17.4. The average molecular weight is 697 g/mol. The number of fused-ring (bicyclic) bond motifs is 8. The summed E-state index contributed by atoms with van der Waals surface area (Å²) in [6.07, 6.45) is 6.64. The van der Waals surface area contributed by atoms with Gasteiger partial charge in [-0.3, -0.25) is 0 Å². The Balaban J connectivity index is 1.11. The van der Waals surface area contributed by atoms with Crippen LogP contribution in [0.15, 0.2) is 103 Å². The molecule has 10 rings (SSSR count). The molecule has 0 aliphatic heterocycles. The van der Waals surface area contributed by atoms with Crippen molar-refractivity contribution < 1.29 is 0 Å². The normalized spacial score (nSPS) is 21.8. The van der Waals surface area contributed by atoms with Crippen LogP contribution in [0.3, 0.4) is 0 Å². The zero-order valence-electron chi connectivity index (χ0n) is 28.7. The molecule has 5 aromatic carbocycles. The average Bonchev–Trinajstić information content (AvgIpc) is 3.71. The van der Waals surface area contributed by atoms with Crippen molar-refractivity contribution in [2.45, 2.75) is 51.4 Å². The van der Waals surface area contributed by atoms with Crippen molar-refractivity contribution in [1.82, 2.24) is 15.0 Å². The maximum absolute atomic E-state index is 9.48. The van der Waals surface area contributed by atoms with Crippen molar-refractivity contribution in [3.63, 3.8) is 0 Å². The molecule has 4 atom stereocenters. The molecule has 0 spiro atoms. The maximum atomic E-state index is 9.48. The van der Waals surface area contributed by atoms with Gasteiger partial charge in [0.15, 0.2) is 17.5 Å². The molecule has 2 bridgehead atoms. The van der Waals surface area contributed by atoms with Gasteiger partial charge in [0.1, 0.15) is 0 Å². The molecule has 2 saturated carbocycles. The summed E-state index contributed by atoms with van der Waals surface area (Å²) in [4.78, 5) is 15.5. The minimum atomic E-state index is 0.278. The smallest absolute Gasteiger partial charge is 0.164 e. The summed E-state index contributed by atoms with van der Waals surface area (Å²) in [5.74, 6) is 4.42. The van der Waals surface area contributed by atoms with E-state index in [4.69, 9.17) is 15.0 Å². The summed E-state index contributed by atoms with van der Waals surface area (Å²) in [6, 6.07) is 39.1. The summed E-state index contributed by atoms with van der Waals surface area (Å²) in [5.41, 5.74) is 5.39. The zero-order chi connectivity index (χ0) is 34.3. The molecule has 8 aromatic rings. The predicted octanol–water partition coefficient (Wildman–Crippen LogP) is 12.6. The first kappa shape index (κ1) is 30.8. The first-order valence-corrected chi connectivity index (χ1v) is 19.7. The van der Waals surface area contributed by atoms with Crippen LogP contribution in [-0.4, -0.2) is 15.0 Å². The van der Waals surface area contributed by atoms with Gasteiger partial charge < -0.3 is 0 Å². The highest BCUT2D eigenvalue weighted by atomic mass is 32.1. The number of benzene rings is 5. The highest BCUT2D eigenvalue weighted by Crippen LogP contribution is 2.54. The van der Waals surface area contributed by atoms with Crippen LogP contribution in [0, 0.1) is 29.1 Å². The highest BCUT2D eigenvalue weighted by Gasteiger charge is 2.45. The van der Waals surface area contributed by atoms with Gasteiger partial charge in [-0.2, -0.15) is 5.26 Å². The molecule has 4 nitrogen and oxygen atoms in total. The van der Waals surface area contributed by atoms with Crippen LogP contribution in [0.2, 0.25) is 0 Å². The lowest BCUT2D eigenvalue weighted by Gasteiger charge is -2.50. The lowest BCUT2D eigenvalue weighted by atomic mass is 9.54. The molecule has 2 unspecified atom stereocenters. The number of thiophene rings is 2. The second kappa shape index (κ2) is 11.8. The molecule has 2 aliphatic rings. The van der Waals surface area contributed by atoms with E-state index in [1.165, 1.54) is 68.6 Å². The van der Waals surface area contributed by atoms with E-state index < -0.39 is 0 Å². The molecule has 6 heteroatoms. The molecule has 2 fully saturated rings. The monoisotopic (exact) mass is 696 g/mol. The molecule has 0 N–H and O–H groups in total. The first-order chi connectivity index (χ1) is 24.9. The quantitative estimate of drug-likeness (QED) is 0.184. The van der Waals surface area contributed by atoms with Gasteiger partial charge in [-0.15, -0.1) is 22.7 Å². The minimum Gasteiger partial charge on any atom is -0.208 e. The SMILES string of the molecule is C[C@@H]1CC2C[C@H](C)CC(c3ccc(-c4nc(-c5ccc6c(c5)sc5cc(C#N)ccc56)nc(-c5ccc6sc7ccccc7c6c5)n4)cc3)(C2)C1. The van der Waals surface area contributed by atoms with Crippen molar-refractivity contribution in [2.24, 2.45) is 17.8 Å². The van der Waals surface area contributed by atoms with Crippen LogP contribution in [0.4, 0.5) is 0 Å². The molecule has 3 aromatic heterocycles. The molecule has 3 heterocycles. The molecule has 0 radical (unpaired) electrons. The van der Waals surface area contributed by atoms with Gasteiger partial charge in [-0.25, -0.2) is 15.0 Å². The largest absolute Gasteiger partial charge is 0.208 e. The second-order valence-electron chi connectivity index (χ2n) is 15.3. The van der Waals surface area contributed by atoms with Crippen LogP contribution in [0.5, 0.6) is 0 Å². The Bertz CT molecular complexity index is 2680. The number of hydrogen-bond acceptors (Lipinski definition) is 6. The van der Waals surface area contributed by atoms with Crippen LogP contribution in [-0.2, 0) is 5.41 Å². The van der Waals surface area contributed by atoms with Crippen LogP contribution in [0.25, 0.3) is 74.5 Å². The summed E-state index contributed by atoms with van der Waals surface area (Å²) in [5, 5.41) is 14.3. The highest BCUT2D eigenvalue weighted by molar-refractivity contribution is 7.26. The Morgan fingerprint density at radius 1 is 0.569 bits per heavy atom. The molecule has 0 amide bonds. The lowest BCUT2D eigenvalue weighted by molar-refractivity contribution is 0.0780. The van der Waals surface area contributed by atoms with Crippen molar-refractivity contribution in [3.8, 4) is 40.2 Å². The Morgan fingerprint density at radius 2 is 1.14 bits per heavy atom. The summed E-state index contributed by atoms with van der Waals surface area (Å²) >= 11 is 3.53. The van der Waals surface area contributed by atoms with Gasteiger partial charge in [0.25, 0.3) is 0 Å².